The number of methoxy groups -OCH3 is 1. The Morgan fingerprint density at radius 2 is 1.75 bits per heavy atom. The van der Waals surface area contributed by atoms with Crippen LogP contribution in [0.4, 0.5) is 11.4 Å². The molecule has 3 aromatic carbocycles. The minimum Gasteiger partial charge on any atom is -0.497 e. The van der Waals surface area contributed by atoms with Crippen molar-refractivity contribution in [2.45, 2.75) is 20.8 Å². The fraction of sp³-hybridized carbons (Fsp3) is 0.179. The lowest BCUT2D eigenvalue weighted by Gasteiger charge is -2.16. The maximum Gasteiger partial charge on any atom is 0.299 e. The van der Waals surface area contributed by atoms with Crippen LogP contribution in [0.15, 0.2) is 77.7 Å². The van der Waals surface area contributed by atoms with Gasteiger partial charge in [-0.15, -0.1) is 0 Å². The van der Waals surface area contributed by atoms with Crippen LogP contribution in [-0.2, 0) is 0 Å². The molecule has 1 heterocycles. The fourth-order valence-electron chi connectivity index (χ4n) is 3.64. The topological polar surface area (TPSA) is 94.5 Å². The molecule has 4 rings (SSSR count). The van der Waals surface area contributed by atoms with Gasteiger partial charge >= 0.3 is 0 Å². The molecule has 0 saturated heterocycles. The number of benzene rings is 3. The molecule has 1 amide bonds. The maximum atomic E-state index is 13.7. The number of aryl methyl sites for hydroxylation is 1. The summed E-state index contributed by atoms with van der Waals surface area (Å²) < 4.78 is 12.7. The van der Waals surface area contributed by atoms with E-state index in [0.717, 1.165) is 11.1 Å². The minimum atomic E-state index is -0.411. The molecule has 0 aliphatic carbocycles. The summed E-state index contributed by atoms with van der Waals surface area (Å²) in [6.07, 6.45) is 1.50. The normalized spacial score (nSPS) is 10.6. The summed E-state index contributed by atoms with van der Waals surface area (Å²) in [6.45, 7) is 6.32. The van der Waals surface area contributed by atoms with Gasteiger partial charge in [0.15, 0.2) is 11.4 Å². The molecule has 0 bridgehead atoms. The Kier molecular flexibility index (Phi) is 7.34. The van der Waals surface area contributed by atoms with Gasteiger partial charge in [-0.05, 0) is 80.4 Å². The highest BCUT2D eigenvalue weighted by molar-refractivity contribution is 5.95. The Morgan fingerprint density at radius 3 is 2.47 bits per heavy atom. The fourth-order valence-corrected chi connectivity index (χ4v) is 3.64. The Balaban J connectivity index is 1.80. The van der Waals surface area contributed by atoms with E-state index in [2.05, 4.69) is 15.7 Å². The lowest BCUT2D eigenvalue weighted by Crippen LogP contribution is -2.24. The second-order valence-corrected chi connectivity index (χ2v) is 8.16. The first-order chi connectivity index (χ1) is 17.4. The first kappa shape index (κ1) is 24.5. The van der Waals surface area contributed by atoms with Crippen molar-refractivity contribution >= 4 is 17.3 Å². The van der Waals surface area contributed by atoms with Crippen LogP contribution in [0, 0.1) is 13.8 Å². The summed E-state index contributed by atoms with van der Waals surface area (Å²) in [5, 5.41) is 10.3. The van der Waals surface area contributed by atoms with Gasteiger partial charge in [-0.3, -0.25) is 9.59 Å². The van der Waals surface area contributed by atoms with Gasteiger partial charge in [0.05, 0.1) is 19.0 Å². The van der Waals surface area contributed by atoms with Crippen molar-refractivity contribution in [2.75, 3.05) is 19.0 Å². The molecular weight excluding hydrogens is 456 g/mol. The van der Waals surface area contributed by atoms with Gasteiger partial charge < -0.3 is 20.1 Å². The van der Waals surface area contributed by atoms with E-state index in [1.807, 2.05) is 39.0 Å². The van der Waals surface area contributed by atoms with Crippen LogP contribution in [0.3, 0.4) is 0 Å². The Labute approximate surface area is 209 Å². The molecule has 8 heteroatoms. The molecule has 0 unspecified atom stereocenters. The first-order valence-corrected chi connectivity index (χ1v) is 11.6. The summed E-state index contributed by atoms with van der Waals surface area (Å²) in [4.78, 5) is 26.0. The van der Waals surface area contributed by atoms with Crippen LogP contribution < -0.4 is 25.7 Å². The molecule has 36 heavy (non-hydrogen) atoms. The second kappa shape index (κ2) is 10.8. The SMILES string of the molecule is CCNC(=O)c1cccc(Nc2c(Oc3cccc(C)c3C)cnn(-c3ccc(OC)cc3)c2=O)c1. The zero-order valence-electron chi connectivity index (χ0n) is 20.7. The third-order valence-electron chi connectivity index (χ3n) is 5.77. The van der Waals surface area contributed by atoms with Gasteiger partial charge in [-0.1, -0.05) is 18.2 Å². The molecule has 0 radical (unpaired) electrons. The number of anilines is 2. The number of aromatic nitrogens is 2. The van der Waals surface area contributed by atoms with Gasteiger partial charge in [0.25, 0.3) is 11.5 Å². The number of nitrogens with one attached hydrogen (secondary N) is 2. The zero-order valence-corrected chi connectivity index (χ0v) is 20.7. The molecule has 0 spiro atoms. The highest BCUT2D eigenvalue weighted by Gasteiger charge is 2.17. The Hall–Kier alpha value is -4.59. The standard InChI is InChI=1S/C28H28N4O4/c1-5-29-27(33)20-9-7-10-21(16-20)31-26-25(36-24-11-6-8-18(2)19(24)3)17-30-32(28(26)34)22-12-14-23(35-4)15-13-22/h6-17,31H,5H2,1-4H3,(H,29,33). The molecule has 0 aliphatic rings. The third kappa shape index (κ3) is 5.22. The number of hydrogen-bond acceptors (Lipinski definition) is 6. The average Bonchev–Trinajstić information content (AvgIpc) is 2.89. The van der Waals surface area contributed by atoms with Crippen molar-refractivity contribution in [1.29, 1.82) is 0 Å². The number of nitrogens with zero attached hydrogens (tertiary/aromatic N) is 2. The van der Waals surface area contributed by atoms with E-state index < -0.39 is 5.56 Å². The van der Waals surface area contributed by atoms with Gasteiger partial charge in [0.1, 0.15) is 11.5 Å². The average molecular weight is 485 g/mol. The lowest BCUT2D eigenvalue weighted by molar-refractivity contribution is 0.0956. The highest BCUT2D eigenvalue weighted by Crippen LogP contribution is 2.32. The quantitative estimate of drug-likeness (QED) is 0.360. The van der Waals surface area contributed by atoms with Gasteiger partial charge in [0, 0.05) is 17.8 Å². The van der Waals surface area contributed by atoms with Crippen LogP contribution >= 0.6 is 0 Å². The molecule has 0 fully saturated rings. The van der Waals surface area contributed by atoms with Crippen LogP contribution in [0.5, 0.6) is 17.2 Å². The van der Waals surface area contributed by atoms with Crippen molar-refractivity contribution < 1.29 is 14.3 Å². The van der Waals surface area contributed by atoms with Crippen molar-refractivity contribution in [1.82, 2.24) is 15.1 Å². The summed E-state index contributed by atoms with van der Waals surface area (Å²) in [5.74, 6) is 1.36. The number of hydrogen-bond donors (Lipinski definition) is 2. The van der Waals surface area contributed by atoms with E-state index in [-0.39, 0.29) is 17.3 Å². The van der Waals surface area contributed by atoms with E-state index in [1.54, 1.807) is 55.6 Å². The summed E-state index contributed by atoms with van der Waals surface area (Å²) >= 11 is 0. The van der Waals surface area contributed by atoms with Crippen LogP contribution in [0.2, 0.25) is 0 Å². The number of carbonyl (C=O) groups excluding carboxylic acids is 1. The molecule has 0 atom stereocenters. The van der Waals surface area contributed by atoms with E-state index in [0.29, 0.717) is 35.0 Å². The molecule has 0 aliphatic heterocycles. The van der Waals surface area contributed by atoms with Crippen LogP contribution in [0.1, 0.15) is 28.4 Å². The van der Waals surface area contributed by atoms with Gasteiger partial charge in [-0.25, -0.2) is 0 Å². The van der Waals surface area contributed by atoms with E-state index in [1.165, 1.54) is 10.9 Å². The lowest BCUT2D eigenvalue weighted by atomic mass is 10.1. The summed E-state index contributed by atoms with van der Waals surface area (Å²) in [5.41, 5.74) is 3.41. The monoisotopic (exact) mass is 484 g/mol. The summed E-state index contributed by atoms with van der Waals surface area (Å²) in [7, 11) is 1.58. The molecular formula is C28H28N4O4. The molecule has 4 aromatic rings. The molecule has 1 aromatic heterocycles. The number of rotatable bonds is 8. The first-order valence-electron chi connectivity index (χ1n) is 11.6. The Bertz CT molecular complexity index is 1450. The zero-order chi connectivity index (χ0) is 25.7. The predicted molar refractivity (Wildman–Crippen MR) is 140 cm³/mol. The molecule has 8 nitrogen and oxygen atoms in total. The molecule has 0 saturated carbocycles. The third-order valence-corrected chi connectivity index (χ3v) is 5.77. The van der Waals surface area contributed by atoms with Gasteiger partial charge in [0.2, 0.25) is 0 Å². The highest BCUT2D eigenvalue weighted by atomic mass is 16.5. The number of ether oxygens (including phenoxy) is 2. The number of amides is 1. The number of carbonyl (C=O) groups is 1. The predicted octanol–water partition coefficient (Wildman–Crippen LogP) is 5.14. The molecule has 2 N–H and O–H groups in total. The van der Waals surface area contributed by atoms with Crippen molar-refractivity contribution in [3.8, 4) is 22.9 Å². The second-order valence-electron chi connectivity index (χ2n) is 8.16. The Morgan fingerprint density at radius 1 is 1.00 bits per heavy atom. The van der Waals surface area contributed by atoms with Crippen molar-refractivity contribution in [3.05, 3.63) is 100.0 Å². The maximum absolute atomic E-state index is 13.7. The van der Waals surface area contributed by atoms with Crippen molar-refractivity contribution in [3.63, 3.8) is 0 Å². The minimum absolute atomic E-state index is 0.190. The molecule has 184 valence electrons. The smallest absolute Gasteiger partial charge is 0.299 e. The van der Waals surface area contributed by atoms with E-state index >= 15 is 0 Å². The van der Waals surface area contributed by atoms with Crippen LogP contribution in [0.25, 0.3) is 5.69 Å². The largest absolute Gasteiger partial charge is 0.497 e. The summed E-state index contributed by atoms with van der Waals surface area (Å²) in [6, 6.07) is 19.7. The van der Waals surface area contributed by atoms with Crippen molar-refractivity contribution in [2.24, 2.45) is 0 Å². The van der Waals surface area contributed by atoms with E-state index in [4.69, 9.17) is 9.47 Å². The van der Waals surface area contributed by atoms with Gasteiger partial charge in [-0.2, -0.15) is 9.78 Å². The van der Waals surface area contributed by atoms with Crippen LogP contribution in [-0.4, -0.2) is 29.3 Å². The van der Waals surface area contributed by atoms with E-state index in [9.17, 15) is 9.59 Å².